The summed E-state index contributed by atoms with van der Waals surface area (Å²) < 4.78 is 32.0. The predicted molar refractivity (Wildman–Crippen MR) is 68.7 cm³/mol. The number of aromatic nitrogens is 2. The van der Waals surface area contributed by atoms with Crippen molar-refractivity contribution in [2.24, 2.45) is 5.73 Å². The lowest BCUT2D eigenvalue weighted by Gasteiger charge is -2.04. The third-order valence-corrected chi connectivity index (χ3v) is 4.31. The van der Waals surface area contributed by atoms with Crippen LogP contribution in [-0.4, -0.2) is 18.6 Å². The summed E-state index contributed by atoms with van der Waals surface area (Å²) in [6.45, 7) is 3.76. The Bertz CT molecular complexity index is 672. The molecule has 0 radical (unpaired) electrons. The maximum absolute atomic E-state index is 12.1. The molecule has 0 bridgehead atoms. The molecule has 7 nitrogen and oxygen atoms in total. The topological polar surface area (TPSA) is 114 Å². The van der Waals surface area contributed by atoms with Crippen molar-refractivity contribution in [1.82, 2.24) is 14.9 Å². The van der Waals surface area contributed by atoms with Crippen LogP contribution < -0.4 is 10.5 Å². The van der Waals surface area contributed by atoms with E-state index in [1.165, 1.54) is 6.07 Å². The highest BCUT2D eigenvalue weighted by atomic mass is 32.2. The van der Waals surface area contributed by atoms with Crippen molar-refractivity contribution in [3.05, 3.63) is 35.0 Å². The van der Waals surface area contributed by atoms with E-state index in [4.69, 9.17) is 10.2 Å². The summed E-state index contributed by atoms with van der Waals surface area (Å²) in [5, 5.41) is 6.58. The van der Waals surface area contributed by atoms with E-state index in [1.54, 1.807) is 13.1 Å². The van der Waals surface area contributed by atoms with E-state index in [1.807, 2.05) is 6.92 Å². The summed E-state index contributed by atoms with van der Waals surface area (Å²) in [5.74, 6) is 0.772. The fourth-order valence-corrected chi connectivity index (χ4v) is 2.90. The van der Waals surface area contributed by atoms with Crippen LogP contribution in [-0.2, 0) is 23.1 Å². The molecule has 2 heterocycles. The minimum atomic E-state index is -3.61. The van der Waals surface area contributed by atoms with Gasteiger partial charge in [-0.15, -0.1) is 0 Å². The van der Waals surface area contributed by atoms with Crippen LogP contribution in [0.4, 0.5) is 0 Å². The SMILES string of the molecule is Cc1[nH]ncc1CNS(=O)(=O)c1cc(CN)oc1C. The highest BCUT2D eigenvalue weighted by Crippen LogP contribution is 2.19. The zero-order valence-corrected chi connectivity index (χ0v) is 11.5. The fraction of sp³-hybridized carbons (Fsp3) is 0.364. The number of furan rings is 1. The van der Waals surface area contributed by atoms with E-state index in [0.717, 1.165) is 11.3 Å². The van der Waals surface area contributed by atoms with Crippen LogP contribution in [0.25, 0.3) is 0 Å². The quantitative estimate of drug-likeness (QED) is 0.742. The molecule has 0 aliphatic heterocycles. The molecular formula is C11H16N4O3S. The molecule has 0 fully saturated rings. The van der Waals surface area contributed by atoms with E-state index < -0.39 is 10.0 Å². The molecule has 0 aliphatic rings. The molecule has 0 amide bonds. The van der Waals surface area contributed by atoms with E-state index in [2.05, 4.69) is 14.9 Å². The zero-order chi connectivity index (χ0) is 14.0. The van der Waals surface area contributed by atoms with Crippen LogP contribution in [0, 0.1) is 13.8 Å². The fourth-order valence-electron chi connectivity index (χ4n) is 1.70. The summed E-state index contributed by atoms with van der Waals surface area (Å²) in [6, 6.07) is 1.44. The molecule has 19 heavy (non-hydrogen) atoms. The van der Waals surface area contributed by atoms with Gasteiger partial charge in [0, 0.05) is 23.9 Å². The molecule has 0 unspecified atom stereocenters. The van der Waals surface area contributed by atoms with Crippen LogP contribution in [0.2, 0.25) is 0 Å². The van der Waals surface area contributed by atoms with Crippen LogP contribution in [0.1, 0.15) is 22.8 Å². The number of nitrogens with zero attached hydrogens (tertiary/aromatic N) is 1. The maximum Gasteiger partial charge on any atom is 0.244 e. The molecule has 0 aliphatic carbocycles. The van der Waals surface area contributed by atoms with Crippen molar-refractivity contribution in [3.8, 4) is 0 Å². The summed E-state index contributed by atoms with van der Waals surface area (Å²) in [7, 11) is -3.61. The molecule has 2 aromatic heterocycles. The Labute approximate surface area is 111 Å². The molecule has 0 saturated heterocycles. The highest BCUT2D eigenvalue weighted by molar-refractivity contribution is 7.89. The lowest BCUT2D eigenvalue weighted by molar-refractivity contribution is 0.478. The first-order chi connectivity index (χ1) is 8.94. The molecule has 0 atom stereocenters. The molecular weight excluding hydrogens is 268 g/mol. The van der Waals surface area contributed by atoms with Crippen LogP contribution in [0.3, 0.4) is 0 Å². The first-order valence-corrected chi connectivity index (χ1v) is 7.20. The van der Waals surface area contributed by atoms with Crippen molar-refractivity contribution in [2.75, 3.05) is 0 Å². The molecule has 2 aromatic rings. The van der Waals surface area contributed by atoms with Crippen molar-refractivity contribution >= 4 is 10.0 Å². The number of nitrogens with two attached hydrogens (primary N) is 1. The molecule has 2 rings (SSSR count). The van der Waals surface area contributed by atoms with E-state index in [9.17, 15) is 8.42 Å². The van der Waals surface area contributed by atoms with Crippen molar-refractivity contribution in [1.29, 1.82) is 0 Å². The monoisotopic (exact) mass is 284 g/mol. The van der Waals surface area contributed by atoms with Crippen molar-refractivity contribution < 1.29 is 12.8 Å². The van der Waals surface area contributed by atoms with E-state index in [0.29, 0.717) is 11.5 Å². The lowest BCUT2D eigenvalue weighted by atomic mass is 10.3. The van der Waals surface area contributed by atoms with Gasteiger partial charge < -0.3 is 10.2 Å². The number of sulfonamides is 1. The Morgan fingerprint density at radius 1 is 1.47 bits per heavy atom. The first-order valence-electron chi connectivity index (χ1n) is 5.72. The van der Waals surface area contributed by atoms with Gasteiger partial charge in [-0.25, -0.2) is 13.1 Å². The van der Waals surface area contributed by atoms with E-state index in [-0.39, 0.29) is 18.0 Å². The average Bonchev–Trinajstić information content (AvgIpc) is 2.93. The minimum Gasteiger partial charge on any atom is -0.464 e. The average molecular weight is 284 g/mol. The number of H-pyrrole nitrogens is 1. The zero-order valence-electron chi connectivity index (χ0n) is 10.7. The predicted octanol–water partition coefficient (Wildman–Crippen LogP) is 0.557. The van der Waals surface area contributed by atoms with Gasteiger partial charge in [0.05, 0.1) is 12.7 Å². The highest BCUT2D eigenvalue weighted by Gasteiger charge is 2.21. The third kappa shape index (κ3) is 2.86. The number of hydrogen-bond donors (Lipinski definition) is 3. The van der Waals surface area contributed by atoms with Crippen LogP contribution in [0.5, 0.6) is 0 Å². The maximum atomic E-state index is 12.1. The Morgan fingerprint density at radius 3 is 2.74 bits per heavy atom. The van der Waals surface area contributed by atoms with Crippen LogP contribution in [0.15, 0.2) is 21.6 Å². The number of aryl methyl sites for hydroxylation is 2. The van der Waals surface area contributed by atoms with Gasteiger partial charge in [0.2, 0.25) is 10.0 Å². The first kappa shape index (κ1) is 13.8. The Hall–Kier alpha value is -1.64. The number of aromatic amines is 1. The lowest BCUT2D eigenvalue weighted by Crippen LogP contribution is -2.23. The van der Waals surface area contributed by atoms with Gasteiger partial charge in [0.1, 0.15) is 16.4 Å². The second-order valence-electron chi connectivity index (χ2n) is 4.18. The Morgan fingerprint density at radius 2 is 2.21 bits per heavy atom. The third-order valence-electron chi connectivity index (χ3n) is 2.80. The summed E-state index contributed by atoms with van der Waals surface area (Å²) in [5.41, 5.74) is 7.05. The number of hydrogen-bond acceptors (Lipinski definition) is 5. The van der Waals surface area contributed by atoms with Crippen LogP contribution >= 0.6 is 0 Å². The second kappa shape index (κ2) is 5.16. The molecule has 0 spiro atoms. The normalized spacial score (nSPS) is 11.9. The van der Waals surface area contributed by atoms with Gasteiger partial charge in [0.15, 0.2) is 0 Å². The molecule has 0 aromatic carbocycles. The molecule has 4 N–H and O–H groups in total. The van der Waals surface area contributed by atoms with Gasteiger partial charge in [-0.2, -0.15) is 5.10 Å². The smallest absolute Gasteiger partial charge is 0.244 e. The minimum absolute atomic E-state index is 0.120. The van der Waals surface area contributed by atoms with Gasteiger partial charge >= 0.3 is 0 Å². The Kier molecular flexibility index (Phi) is 3.74. The van der Waals surface area contributed by atoms with Gasteiger partial charge in [0.25, 0.3) is 0 Å². The summed E-state index contributed by atoms with van der Waals surface area (Å²) in [6.07, 6.45) is 1.59. The number of rotatable bonds is 5. The van der Waals surface area contributed by atoms with Crippen molar-refractivity contribution in [3.63, 3.8) is 0 Å². The number of nitrogens with one attached hydrogen (secondary N) is 2. The Balaban J connectivity index is 2.18. The van der Waals surface area contributed by atoms with E-state index >= 15 is 0 Å². The molecule has 0 saturated carbocycles. The van der Waals surface area contributed by atoms with Gasteiger partial charge in [-0.3, -0.25) is 5.10 Å². The standard InChI is InChI=1S/C11H16N4O3S/c1-7-9(5-13-15-7)6-14-19(16,17)11-3-10(4-12)18-8(11)2/h3,5,14H,4,6,12H2,1-2H3,(H,13,15). The van der Waals surface area contributed by atoms with Crippen molar-refractivity contribution in [2.45, 2.75) is 31.8 Å². The summed E-state index contributed by atoms with van der Waals surface area (Å²) >= 11 is 0. The molecule has 104 valence electrons. The summed E-state index contributed by atoms with van der Waals surface area (Å²) in [4.78, 5) is 0.120. The largest absolute Gasteiger partial charge is 0.464 e. The van der Waals surface area contributed by atoms with Gasteiger partial charge in [-0.1, -0.05) is 0 Å². The van der Waals surface area contributed by atoms with Gasteiger partial charge in [-0.05, 0) is 13.8 Å². The second-order valence-corrected chi connectivity index (χ2v) is 5.92. The molecule has 8 heteroatoms.